The van der Waals surface area contributed by atoms with Crippen LogP contribution in [0.5, 0.6) is 0 Å². The molecular formula is C11H24N2O2. The van der Waals surface area contributed by atoms with Crippen LogP contribution < -0.4 is 5.73 Å². The molecule has 90 valence electrons. The standard InChI is InChI=1S/C11H24N2O2/c1-4-9(3)8-13(5-2)7-6-10(12)11(14)15/h9-10H,4-8,12H2,1-3H3,(H,14,15). The van der Waals surface area contributed by atoms with E-state index in [2.05, 4.69) is 25.7 Å². The summed E-state index contributed by atoms with van der Waals surface area (Å²) in [7, 11) is 0. The molecule has 0 radical (unpaired) electrons. The van der Waals surface area contributed by atoms with E-state index >= 15 is 0 Å². The Hall–Kier alpha value is -0.610. The second-order valence-electron chi connectivity index (χ2n) is 4.14. The first-order valence-corrected chi connectivity index (χ1v) is 5.71. The average Bonchev–Trinajstić information content (AvgIpc) is 2.22. The van der Waals surface area contributed by atoms with Crippen molar-refractivity contribution in [2.45, 2.75) is 39.7 Å². The van der Waals surface area contributed by atoms with E-state index in [1.807, 2.05) is 0 Å². The zero-order chi connectivity index (χ0) is 11.8. The van der Waals surface area contributed by atoms with Crippen LogP contribution in [0.4, 0.5) is 0 Å². The molecule has 0 rings (SSSR count). The fourth-order valence-corrected chi connectivity index (χ4v) is 1.39. The second-order valence-corrected chi connectivity index (χ2v) is 4.14. The van der Waals surface area contributed by atoms with E-state index < -0.39 is 12.0 Å². The summed E-state index contributed by atoms with van der Waals surface area (Å²) < 4.78 is 0. The molecule has 0 heterocycles. The minimum atomic E-state index is -0.908. The molecule has 2 atom stereocenters. The molecule has 0 aliphatic rings. The summed E-state index contributed by atoms with van der Waals surface area (Å²) in [5, 5.41) is 8.65. The van der Waals surface area contributed by atoms with E-state index in [-0.39, 0.29) is 0 Å². The highest BCUT2D eigenvalue weighted by Crippen LogP contribution is 2.05. The number of nitrogens with zero attached hydrogens (tertiary/aromatic N) is 1. The molecule has 0 aromatic heterocycles. The van der Waals surface area contributed by atoms with Crippen LogP contribution in [-0.2, 0) is 4.79 Å². The van der Waals surface area contributed by atoms with Gasteiger partial charge in [-0.15, -0.1) is 0 Å². The topological polar surface area (TPSA) is 66.6 Å². The number of hydrogen-bond acceptors (Lipinski definition) is 3. The largest absolute Gasteiger partial charge is 0.480 e. The van der Waals surface area contributed by atoms with E-state index in [1.165, 1.54) is 0 Å². The molecule has 15 heavy (non-hydrogen) atoms. The van der Waals surface area contributed by atoms with Crippen LogP contribution >= 0.6 is 0 Å². The summed E-state index contributed by atoms with van der Waals surface area (Å²) in [5.74, 6) is -0.249. The molecule has 0 aliphatic heterocycles. The summed E-state index contributed by atoms with van der Waals surface area (Å²) in [6.07, 6.45) is 1.68. The first-order valence-electron chi connectivity index (χ1n) is 5.71. The van der Waals surface area contributed by atoms with Gasteiger partial charge in [0.25, 0.3) is 0 Å². The smallest absolute Gasteiger partial charge is 0.320 e. The Kier molecular flexibility index (Phi) is 7.34. The lowest BCUT2D eigenvalue weighted by Crippen LogP contribution is -2.37. The van der Waals surface area contributed by atoms with Crippen molar-refractivity contribution in [1.29, 1.82) is 0 Å². The summed E-state index contributed by atoms with van der Waals surface area (Å²) in [4.78, 5) is 12.8. The highest BCUT2D eigenvalue weighted by atomic mass is 16.4. The van der Waals surface area contributed by atoms with Gasteiger partial charge in [0.1, 0.15) is 6.04 Å². The van der Waals surface area contributed by atoms with Crippen molar-refractivity contribution in [3.05, 3.63) is 0 Å². The monoisotopic (exact) mass is 216 g/mol. The quantitative estimate of drug-likeness (QED) is 0.639. The van der Waals surface area contributed by atoms with Crippen molar-refractivity contribution in [1.82, 2.24) is 4.90 Å². The molecule has 0 aromatic carbocycles. The molecule has 0 aromatic rings. The molecule has 0 spiro atoms. The van der Waals surface area contributed by atoms with Crippen LogP contribution in [0.25, 0.3) is 0 Å². The number of carboxylic acids is 1. The highest BCUT2D eigenvalue weighted by Gasteiger charge is 2.14. The molecule has 0 aliphatic carbocycles. The fraction of sp³-hybridized carbons (Fsp3) is 0.909. The van der Waals surface area contributed by atoms with Crippen molar-refractivity contribution in [3.63, 3.8) is 0 Å². The van der Waals surface area contributed by atoms with Gasteiger partial charge in [-0.25, -0.2) is 0 Å². The average molecular weight is 216 g/mol. The Bertz CT molecular complexity index is 185. The predicted molar refractivity (Wildman–Crippen MR) is 61.8 cm³/mol. The number of carboxylic acid groups (broad SMARTS) is 1. The van der Waals surface area contributed by atoms with E-state index in [9.17, 15) is 4.79 Å². The normalized spacial score (nSPS) is 15.3. The summed E-state index contributed by atoms with van der Waals surface area (Å²) in [6.45, 7) is 9.22. The van der Waals surface area contributed by atoms with Crippen molar-refractivity contribution in [2.75, 3.05) is 19.6 Å². The summed E-state index contributed by atoms with van der Waals surface area (Å²) in [6, 6.07) is -0.726. The molecule has 0 saturated carbocycles. The maximum atomic E-state index is 10.5. The third-order valence-electron chi connectivity index (χ3n) is 2.79. The lowest BCUT2D eigenvalue weighted by Gasteiger charge is -2.24. The Balaban J connectivity index is 3.84. The summed E-state index contributed by atoms with van der Waals surface area (Å²) in [5.41, 5.74) is 5.46. The molecule has 4 heteroatoms. The van der Waals surface area contributed by atoms with Gasteiger partial charge in [-0.2, -0.15) is 0 Å². The molecule has 0 saturated heterocycles. The number of carbonyl (C=O) groups is 1. The van der Waals surface area contributed by atoms with E-state index in [0.717, 1.165) is 26.1 Å². The Morgan fingerprint density at radius 3 is 2.47 bits per heavy atom. The fourth-order valence-electron chi connectivity index (χ4n) is 1.39. The maximum absolute atomic E-state index is 10.5. The van der Waals surface area contributed by atoms with Crippen molar-refractivity contribution < 1.29 is 9.90 Å². The van der Waals surface area contributed by atoms with Gasteiger partial charge >= 0.3 is 5.97 Å². The number of rotatable bonds is 8. The van der Waals surface area contributed by atoms with Gasteiger partial charge < -0.3 is 15.7 Å². The van der Waals surface area contributed by atoms with E-state index in [0.29, 0.717) is 12.3 Å². The number of aliphatic carboxylic acids is 1. The summed E-state index contributed by atoms with van der Waals surface area (Å²) >= 11 is 0. The van der Waals surface area contributed by atoms with E-state index in [1.54, 1.807) is 0 Å². The van der Waals surface area contributed by atoms with E-state index in [4.69, 9.17) is 10.8 Å². The van der Waals surface area contributed by atoms with Crippen molar-refractivity contribution in [3.8, 4) is 0 Å². The Labute approximate surface area is 92.4 Å². The molecule has 4 nitrogen and oxygen atoms in total. The van der Waals surface area contributed by atoms with Crippen LogP contribution in [0.2, 0.25) is 0 Å². The Morgan fingerprint density at radius 2 is 2.07 bits per heavy atom. The third kappa shape index (κ3) is 6.47. The second kappa shape index (κ2) is 7.65. The van der Waals surface area contributed by atoms with Gasteiger partial charge in [0.15, 0.2) is 0 Å². The zero-order valence-corrected chi connectivity index (χ0v) is 10.1. The van der Waals surface area contributed by atoms with Crippen molar-refractivity contribution >= 4 is 5.97 Å². The SMILES string of the molecule is CCC(C)CN(CC)CCC(N)C(=O)O. The van der Waals surface area contributed by atoms with Crippen LogP contribution in [0.3, 0.4) is 0 Å². The van der Waals surface area contributed by atoms with Gasteiger partial charge in [-0.05, 0) is 18.9 Å². The Morgan fingerprint density at radius 1 is 1.47 bits per heavy atom. The predicted octanol–water partition coefficient (Wildman–Crippen LogP) is 1.16. The lowest BCUT2D eigenvalue weighted by atomic mass is 10.1. The lowest BCUT2D eigenvalue weighted by molar-refractivity contribution is -0.138. The molecular weight excluding hydrogens is 192 g/mol. The van der Waals surface area contributed by atoms with Crippen LogP contribution in [0.1, 0.15) is 33.6 Å². The molecule has 0 amide bonds. The van der Waals surface area contributed by atoms with Crippen molar-refractivity contribution in [2.24, 2.45) is 11.7 Å². The highest BCUT2D eigenvalue weighted by molar-refractivity contribution is 5.72. The molecule has 0 bridgehead atoms. The molecule has 3 N–H and O–H groups in total. The van der Waals surface area contributed by atoms with Crippen LogP contribution in [-0.4, -0.2) is 41.7 Å². The van der Waals surface area contributed by atoms with Crippen LogP contribution in [0, 0.1) is 5.92 Å². The minimum absolute atomic E-state index is 0.527. The van der Waals surface area contributed by atoms with Gasteiger partial charge in [-0.1, -0.05) is 27.2 Å². The third-order valence-corrected chi connectivity index (χ3v) is 2.79. The van der Waals surface area contributed by atoms with Gasteiger partial charge in [0, 0.05) is 13.1 Å². The number of nitrogens with two attached hydrogens (primary N) is 1. The molecule has 0 fully saturated rings. The maximum Gasteiger partial charge on any atom is 0.320 e. The van der Waals surface area contributed by atoms with Crippen LogP contribution in [0.15, 0.2) is 0 Å². The number of hydrogen-bond donors (Lipinski definition) is 2. The first-order chi connectivity index (χ1) is 7.01. The van der Waals surface area contributed by atoms with Gasteiger partial charge in [0.05, 0.1) is 0 Å². The zero-order valence-electron chi connectivity index (χ0n) is 10.1. The molecule has 2 unspecified atom stereocenters. The van der Waals surface area contributed by atoms with Gasteiger partial charge in [0.2, 0.25) is 0 Å². The first kappa shape index (κ1) is 14.4. The minimum Gasteiger partial charge on any atom is -0.480 e. The van der Waals surface area contributed by atoms with Gasteiger partial charge in [-0.3, -0.25) is 4.79 Å².